The van der Waals surface area contributed by atoms with Crippen molar-refractivity contribution < 1.29 is 18.9 Å². The van der Waals surface area contributed by atoms with Crippen LogP contribution < -0.4 is 5.32 Å². The second kappa shape index (κ2) is 6.85. The van der Waals surface area contributed by atoms with Gasteiger partial charge in [0.1, 0.15) is 6.04 Å². The quantitative estimate of drug-likeness (QED) is 0.753. The number of nitrogens with one attached hydrogen (secondary N) is 1. The van der Waals surface area contributed by atoms with Crippen LogP contribution in [-0.2, 0) is 26.1 Å². The van der Waals surface area contributed by atoms with Gasteiger partial charge in [-0.25, -0.2) is 4.79 Å². The molecular weight excluding hydrogens is 256 g/mol. The molecule has 18 heavy (non-hydrogen) atoms. The number of aliphatic carboxylic acids is 1. The average molecular weight is 270 g/mol. The molecule has 1 rings (SSSR count). The molecular formula is C11H14N2O4S. The minimum absolute atomic E-state index is 0.121. The number of pyridine rings is 1. The first-order valence-corrected chi connectivity index (χ1v) is 6.71. The molecule has 1 unspecified atom stereocenters. The third-order valence-electron chi connectivity index (χ3n) is 2.08. The molecule has 0 saturated carbocycles. The Morgan fingerprint density at radius 3 is 2.78 bits per heavy atom. The lowest BCUT2D eigenvalue weighted by Gasteiger charge is -2.12. The van der Waals surface area contributed by atoms with Crippen molar-refractivity contribution in [2.24, 2.45) is 0 Å². The number of hydrogen-bond donors (Lipinski definition) is 2. The van der Waals surface area contributed by atoms with Crippen LogP contribution in [0.25, 0.3) is 0 Å². The van der Waals surface area contributed by atoms with Crippen LogP contribution in [0.3, 0.4) is 0 Å². The summed E-state index contributed by atoms with van der Waals surface area (Å²) in [7, 11) is -1.37. The molecule has 1 amide bonds. The van der Waals surface area contributed by atoms with Crippen LogP contribution in [0.5, 0.6) is 0 Å². The summed E-state index contributed by atoms with van der Waals surface area (Å²) in [4.78, 5) is 25.6. The van der Waals surface area contributed by atoms with Gasteiger partial charge in [-0.05, 0) is 11.6 Å². The third-order valence-corrected chi connectivity index (χ3v) is 3.44. The molecule has 2 N–H and O–H groups in total. The van der Waals surface area contributed by atoms with Crippen molar-refractivity contribution in [2.75, 3.05) is 5.75 Å². The standard InChI is InChI=1S/C11H14N2O4S/c1-8(14)13-10(11(15)16)7-18(17)6-9-3-2-4-12-5-9/h2-5,10H,6-7H2,1H3,(H,13,14)(H,15,16)/t10-,18?/m0/s1. The number of carbonyl (C=O) groups is 2. The lowest BCUT2D eigenvalue weighted by Crippen LogP contribution is -2.43. The monoisotopic (exact) mass is 270 g/mol. The van der Waals surface area contributed by atoms with Gasteiger partial charge in [0.25, 0.3) is 0 Å². The highest BCUT2D eigenvalue weighted by molar-refractivity contribution is 7.84. The first kappa shape index (κ1) is 14.3. The second-order valence-corrected chi connectivity index (χ2v) is 5.21. The highest BCUT2D eigenvalue weighted by Gasteiger charge is 2.21. The molecule has 0 radical (unpaired) electrons. The number of rotatable bonds is 6. The van der Waals surface area contributed by atoms with E-state index in [-0.39, 0.29) is 11.5 Å². The average Bonchev–Trinajstić information content (AvgIpc) is 2.28. The van der Waals surface area contributed by atoms with E-state index in [4.69, 9.17) is 5.11 Å². The van der Waals surface area contributed by atoms with Crippen molar-refractivity contribution in [1.82, 2.24) is 10.3 Å². The van der Waals surface area contributed by atoms with Gasteiger partial charge in [0.05, 0.1) is 11.5 Å². The van der Waals surface area contributed by atoms with E-state index in [0.29, 0.717) is 0 Å². The normalized spacial score (nSPS) is 13.6. The van der Waals surface area contributed by atoms with E-state index in [1.165, 1.54) is 6.92 Å². The minimum Gasteiger partial charge on any atom is -0.480 e. The van der Waals surface area contributed by atoms with E-state index in [9.17, 15) is 13.8 Å². The van der Waals surface area contributed by atoms with Crippen LogP contribution in [0.2, 0.25) is 0 Å². The Bertz CT molecular complexity index is 450. The van der Waals surface area contributed by atoms with E-state index in [0.717, 1.165) is 5.56 Å². The van der Waals surface area contributed by atoms with Crippen molar-refractivity contribution >= 4 is 22.7 Å². The maximum absolute atomic E-state index is 11.8. The molecule has 0 aliphatic heterocycles. The first-order chi connectivity index (χ1) is 8.49. The first-order valence-electron chi connectivity index (χ1n) is 5.23. The summed E-state index contributed by atoms with van der Waals surface area (Å²) in [6.45, 7) is 1.22. The number of aromatic nitrogens is 1. The molecule has 98 valence electrons. The van der Waals surface area contributed by atoms with Gasteiger partial charge in [-0.3, -0.25) is 14.0 Å². The predicted octanol–water partition coefficient (Wildman–Crippen LogP) is -0.0804. The molecule has 0 aliphatic rings. The van der Waals surface area contributed by atoms with Crippen molar-refractivity contribution in [3.63, 3.8) is 0 Å². The molecule has 1 aromatic rings. The van der Waals surface area contributed by atoms with Gasteiger partial charge in [0.15, 0.2) is 0 Å². The van der Waals surface area contributed by atoms with Gasteiger partial charge in [-0.15, -0.1) is 0 Å². The summed E-state index contributed by atoms with van der Waals surface area (Å²) >= 11 is 0. The van der Waals surface area contributed by atoms with Crippen molar-refractivity contribution in [1.29, 1.82) is 0 Å². The van der Waals surface area contributed by atoms with E-state index in [1.54, 1.807) is 24.5 Å². The zero-order chi connectivity index (χ0) is 13.5. The number of nitrogens with zero attached hydrogens (tertiary/aromatic N) is 1. The molecule has 0 saturated heterocycles. The second-order valence-electron chi connectivity index (χ2n) is 3.70. The molecule has 1 heterocycles. The van der Waals surface area contributed by atoms with Gasteiger partial charge >= 0.3 is 5.97 Å². The van der Waals surface area contributed by atoms with Crippen molar-refractivity contribution in [2.45, 2.75) is 18.7 Å². The maximum atomic E-state index is 11.8. The summed E-state index contributed by atoms with van der Waals surface area (Å²) in [6, 6.07) is 2.36. The molecule has 0 bridgehead atoms. The summed E-state index contributed by atoms with van der Waals surface area (Å²) < 4.78 is 11.8. The molecule has 0 aliphatic carbocycles. The molecule has 7 heteroatoms. The smallest absolute Gasteiger partial charge is 0.327 e. The Balaban J connectivity index is 2.56. The van der Waals surface area contributed by atoms with E-state index in [2.05, 4.69) is 10.3 Å². The van der Waals surface area contributed by atoms with E-state index >= 15 is 0 Å². The minimum atomic E-state index is -1.37. The lowest BCUT2D eigenvalue weighted by molar-refractivity contribution is -0.140. The highest BCUT2D eigenvalue weighted by Crippen LogP contribution is 2.02. The molecule has 0 fully saturated rings. The largest absolute Gasteiger partial charge is 0.480 e. The van der Waals surface area contributed by atoms with Gasteiger partial charge in [0, 0.05) is 30.1 Å². The van der Waals surface area contributed by atoms with Gasteiger partial charge in [-0.1, -0.05) is 6.07 Å². The van der Waals surface area contributed by atoms with Gasteiger partial charge in [-0.2, -0.15) is 0 Å². The molecule has 2 atom stereocenters. The fourth-order valence-corrected chi connectivity index (χ4v) is 2.59. The van der Waals surface area contributed by atoms with E-state index in [1.807, 2.05) is 0 Å². The summed E-state index contributed by atoms with van der Waals surface area (Å²) in [5.74, 6) is -1.55. The Morgan fingerprint density at radius 2 is 2.28 bits per heavy atom. The number of hydrogen-bond acceptors (Lipinski definition) is 4. The molecule has 0 aromatic carbocycles. The number of carboxylic acid groups (broad SMARTS) is 1. The van der Waals surface area contributed by atoms with Gasteiger partial charge in [0.2, 0.25) is 5.91 Å². The number of carbonyl (C=O) groups excluding carboxylic acids is 1. The predicted molar refractivity (Wildman–Crippen MR) is 66.2 cm³/mol. The van der Waals surface area contributed by atoms with Crippen LogP contribution in [-0.4, -0.2) is 38.0 Å². The van der Waals surface area contributed by atoms with E-state index < -0.39 is 28.7 Å². The fourth-order valence-electron chi connectivity index (χ4n) is 1.33. The van der Waals surface area contributed by atoms with Crippen LogP contribution in [0.4, 0.5) is 0 Å². The van der Waals surface area contributed by atoms with Crippen LogP contribution in [0.15, 0.2) is 24.5 Å². The number of carboxylic acids is 1. The van der Waals surface area contributed by atoms with Crippen molar-refractivity contribution in [3.8, 4) is 0 Å². The maximum Gasteiger partial charge on any atom is 0.327 e. The Labute approximate surface area is 107 Å². The molecule has 1 aromatic heterocycles. The lowest BCUT2D eigenvalue weighted by atomic mass is 10.3. The molecule has 6 nitrogen and oxygen atoms in total. The summed E-state index contributed by atoms with van der Waals surface area (Å²) in [5, 5.41) is 11.1. The van der Waals surface area contributed by atoms with Gasteiger partial charge < -0.3 is 10.4 Å². The zero-order valence-corrected chi connectivity index (χ0v) is 10.6. The third kappa shape index (κ3) is 5.05. The van der Waals surface area contributed by atoms with Crippen molar-refractivity contribution in [3.05, 3.63) is 30.1 Å². The topological polar surface area (TPSA) is 96.4 Å². The number of amides is 1. The van der Waals surface area contributed by atoms with Crippen LogP contribution in [0.1, 0.15) is 12.5 Å². The fraction of sp³-hybridized carbons (Fsp3) is 0.364. The van der Waals surface area contributed by atoms with Crippen LogP contribution in [0, 0.1) is 0 Å². The zero-order valence-electron chi connectivity index (χ0n) is 9.83. The highest BCUT2D eigenvalue weighted by atomic mass is 32.2. The summed E-state index contributed by atoms with van der Waals surface area (Å²) in [5.41, 5.74) is 0.766. The Morgan fingerprint density at radius 1 is 1.56 bits per heavy atom. The Hall–Kier alpha value is -1.76. The molecule has 0 spiro atoms. The SMILES string of the molecule is CC(=O)N[C@@H](CS(=O)Cc1cccnc1)C(=O)O. The summed E-state index contributed by atoms with van der Waals surface area (Å²) in [6.07, 6.45) is 3.18. The van der Waals surface area contributed by atoms with Crippen LogP contribution >= 0.6 is 0 Å². The Kier molecular flexibility index (Phi) is 5.44.